The lowest BCUT2D eigenvalue weighted by Crippen LogP contribution is -2.48. The Kier molecular flexibility index (Phi) is 6.18. The molecule has 34 heavy (non-hydrogen) atoms. The molecule has 1 saturated heterocycles. The Balaban J connectivity index is 1.22. The fourth-order valence-electron chi connectivity index (χ4n) is 4.55. The van der Waals surface area contributed by atoms with Crippen LogP contribution in [0.15, 0.2) is 73.1 Å². The van der Waals surface area contributed by atoms with Crippen LogP contribution in [0.4, 0.5) is 0 Å². The first-order chi connectivity index (χ1) is 16.6. The second-order valence-electron chi connectivity index (χ2n) is 8.69. The molecule has 3 aromatic rings. The third kappa shape index (κ3) is 4.47. The number of pyridine rings is 1. The van der Waals surface area contributed by atoms with E-state index >= 15 is 0 Å². The van der Waals surface area contributed by atoms with E-state index in [9.17, 15) is 14.4 Å². The van der Waals surface area contributed by atoms with Crippen LogP contribution in [-0.2, 0) is 13.0 Å². The number of amides is 3. The van der Waals surface area contributed by atoms with Crippen molar-refractivity contribution in [1.29, 1.82) is 0 Å². The van der Waals surface area contributed by atoms with Gasteiger partial charge in [-0.2, -0.15) is 0 Å². The number of fused-ring (bicyclic) bond motifs is 1. The van der Waals surface area contributed by atoms with E-state index in [0.717, 1.165) is 30.8 Å². The molecule has 1 aromatic heterocycles. The van der Waals surface area contributed by atoms with Crippen LogP contribution in [0.1, 0.15) is 42.2 Å². The van der Waals surface area contributed by atoms with Gasteiger partial charge in [0.25, 0.3) is 17.7 Å². The van der Waals surface area contributed by atoms with Crippen LogP contribution in [0.5, 0.6) is 0 Å². The molecular formula is C27H26N4O3. The number of hydrogen-bond acceptors (Lipinski definition) is 5. The summed E-state index contributed by atoms with van der Waals surface area (Å²) in [6, 6.07) is 18.6. The monoisotopic (exact) mass is 454 g/mol. The van der Waals surface area contributed by atoms with Crippen molar-refractivity contribution in [2.24, 2.45) is 0 Å². The van der Waals surface area contributed by atoms with E-state index in [4.69, 9.17) is 0 Å². The number of rotatable bonds is 6. The van der Waals surface area contributed by atoms with Gasteiger partial charge < -0.3 is 4.90 Å². The summed E-state index contributed by atoms with van der Waals surface area (Å²) in [4.78, 5) is 48.5. The number of aromatic nitrogens is 1. The van der Waals surface area contributed by atoms with Gasteiger partial charge in [-0.15, -0.1) is 0 Å². The van der Waals surface area contributed by atoms with Gasteiger partial charge in [-0.05, 0) is 41.8 Å². The van der Waals surface area contributed by atoms with Gasteiger partial charge in [0, 0.05) is 57.2 Å². The lowest BCUT2D eigenvalue weighted by molar-refractivity contribution is 0.0626. The minimum absolute atomic E-state index is 0.105. The van der Waals surface area contributed by atoms with Crippen LogP contribution in [-0.4, -0.2) is 70.1 Å². The zero-order chi connectivity index (χ0) is 23.5. The van der Waals surface area contributed by atoms with Crippen molar-refractivity contribution in [3.05, 3.63) is 101 Å². The highest BCUT2D eigenvalue weighted by molar-refractivity contribution is 6.22. The molecule has 0 radical (unpaired) electrons. The van der Waals surface area contributed by atoms with E-state index in [1.807, 2.05) is 47.5 Å². The Labute approximate surface area is 198 Å². The van der Waals surface area contributed by atoms with E-state index in [1.165, 1.54) is 4.90 Å². The fourth-order valence-corrected chi connectivity index (χ4v) is 4.55. The van der Waals surface area contributed by atoms with Crippen LogP contribution in [0.3, 0.4) is 0 Å². The Bertz CT molecular complexity index is 1210. The summed E-state index contributed by atoms with van der Waals surface area (Å²) in [5.41, 5.74) is 3.36. The van der Waals surface area contributed by atoms with Crippen molar-refractivity contribution >= 4 is 17.7 Å². The molecule has 0 bridgehead atoms. The summed E-state index contributed by atoms with van der Waals surface area (Å²) in [7, 11) is 0. The highest BCUT2D eigenvalue weighted by Gasteiger charge is 2.36. The van der Waals surface area contributed by atoms with Gasteiger partial charge in [-0.25, -0.2) is 0 Å². The van der Waals surface area contributed by atoms with Gasteiger partial charge >= 0.3 is 0 Å². The molecule has 0 saturated carbocycles. The highest BCUT2D eigenvalue weighted by atomic mass is 16.2. The number of carbonyl (C=O) groups is 3. The third-order valence-electron chi connectivity index (χ3n) is 6.47. The number of nitrogens with zero attached hydrogens (tertiary/aromatic N) is 4. The SMILES string of the molecule is O=C(c1ccc2c(c1)C(=O)N(CCc1ccccc1)C2=O)N1CCN(Cc2cccnc2)CC1. The molecule has 172 valence electrons. The molecule has 0 spiro atoms. The first kappa shape index (κ1) is 22.0. The molecule has 0 unspecified atom stereocenters. The van der Waals surface area contributed by atoms with E-state index in [-0.39, 0.29) is 17.7 Å². The van der Waals surface area contributed by atoms with Crippen molar-refractivity contribution in [2.75, 3.05) is 32.7 Å². The molecule has 5 rings (SSSR count). The molecule has 2 aliphatic rings. The Morgan fingerprint density at radius 1 is 0.824 bits per heavy atom. The average Bonchev–Trinajstić information content (AvgIpc) is 3.12. The Morgan fingerprint density at radius 2 is 1.56 bits per heavy atom. The van der Waals surface area contributed by atoms with Crippen molar-refractivity contribution in [3.8, 4) is 0 Å². The molecule has 7 heteroatoms. The lowest BCUT2D eigenvalue weighted by Gasteiger charge is -2.34. The minimum atomic E-state index is -0.327. The summed E-state index contributed by atoms with van der Waals surface area (Å²) in [6.45, 7) is 3.91. The van der Waals surface area contributed by atoms with Gasteiger partial charge in [0.1, 0.15) is 0 Å². The normalized spacial score (nSPS) is 16.1. The van der Waals surface area contributed by atoms with Crippen LogP contribution < -0.4 is 0 Å². The summed E-state index contributed by atoms with van der Waals surface area (Å²) in [5, 5.41) is 0. The Morgan fingerprint density at radius 3 is 2.29 bits per heavy atom. The van der Waals surface area contributed by atoms with Gasteiger partial charge in [0.15, 0.2) is 0 Å². The molecule has 3 heterocycles. The first-order valence-corrected chi connectivity index (χ1v) is 11.5. The lowest BCUT2D eigenvalue weighted by atomic mass is 10.0. The number of benzene rings is 2. The summed E-state index contributed by atoms with van der Waals surface area (Å²) < 4.78 is 0. The number of hydrogen-bond donors (Lipinski definition) is 0. The van der Waals surface area contributed by atoms with Crippen molar-refractivity contribution in [2.45, 2.75) is 13.0 Å². The molecule has 0 aliphatic carbocycles. The molecule has 0 N–H and O–H groups in total. The van der Waals surface area contributed by atoms with Crippen molar-refractivity contribution < 1.29 is 14.4 Å². The molecule has 2 aliphatic heterocycles. The molecule has 0 atom stereocenters. The predicted molar refractivity (Wildman–Crippen MR) is 127 cm³/mol. The summed E-state index contributed by atoms with van der Waals surface area (Å²) >= 11 is 0. The van der Waals surface area contributed by atoms with E-state index in [2.05, 4.69) is 16.0 Å². The van der Waals surface area contributed by atoms with Gasteiger partial charge in [0.05, 0.1) is 11.1 Å². The quantitative estimate of drug-likeness (QED) is 0.536. The van der Waals surface area contributed by atoms with Gasteiger partial charge in [-0.1, -0.05) is 36.4 Å². The second-order valence-corrected chi connectivity index (χ2v) is 8.69. The second kappa shape index (κ2) is 9.57. The number of carbonyl (C=O) groups excluding carboxylic acids is 3. The third-order valence-corrected chi connectivity index (χ3v) is 6.47. The van der Waals surface area contributed by atoms with E-state index in [1.54, 1.807) is 24.4 Å². The molecule has 3 amide bonds. The molecule has 7 nitrogen and oxygen atoms in total. The topological polar surface area (TPSA) is 73.8 Å². The zero-order valence-electron chi connectivity index (χ0n) is 18.9. The maximum Gasteiger partial charge on any atom is 0.261 e. The number of piperazine rings is 1. The number of imide groups is 1. The largest absolute Gasteiger partial charge is 0.336 e. The average molecular weight is 455 g/mol. The highest BCUT2D eigenvalue weighted by Crippen LogP contribution is 2.25. The van der Waals surface area contributed by atoms with E-state index < -0.39 is 0 Å². The van der Waals surface area contributed by atoms with Crippen LogP contribution in [0, 0.1) is 0 Å². The van der Waals surface area contributed by atoms with Crippen molar-refractivity contribution in [3.63, 3.8) is 0 Å². The summed E-state index contributed by atoms with van der Waals surface area (Å²) in [6.07, 6.45) is 4.22. The standard InChI is InChI=1S/C27H26N4O3/c32-25(30-15-13-29(14-16-30)19-21-7-4-11-28-18-21)22-8-9-23-24(17-22)27(34)31(26(23)33)12-10-20-5-2-1-3-6-20/h1-9,11,17-18H,10,12-16,19H2. The first-order valence-electron chi connectivity index (χ1n) is 11.5. The fraction of sp³-hybridized carbons (Fsp3) is 0.259. The van der Waals surface area contributed by atoms with Crippen LogP contribution in [0.25, 0.3) is 0 Å². The van der Waals surface area contributed by atoms with Crippen LogP contribution >= 0.6 is 0 Å². The van der Waals surface area contributed by atoms with Crippen molar-refractivity contribution in [1.82, 2.24) is 19.7 Å². The molecule has 2 aromatic carbocycles. The van der Waals surface area contributed by atoms with E-state index in [0.29, 0.717) is 42.7 Å². The molecule has 1 fully saturated rings. The van der Waals surface area contributed by atoms with Gasteiger partial charge in [-0.3, -0.25) is 29.2 Å². The maximum absolute atomic E-state index is 13.1. The van der Waals surface area contributed by atoms with Crippen LogP contribution in [0.2, 0.25) is 0 Å². The maximum atomic E-state index is 13.1. The summed E-state index contributed by atoms with van der Waals surface area (Å²) in [5.74, 6) is -0.724. The molecular weight excluding hydrogens is 428 g/mol. The predicted octanol–water partition coefficient (Wildman–Crippen LogP) is 2.88. The smallest absolute Gasteiger partial charge is 0.261 e. The minimum Gasteiger partial charge on any atom is -0.336 e. The van der Waals surface area contributed by atoms with Gasteiger partial charge in [0.2, 0.25) is 0 Å². The zero-order valence-corrected chi connectivity index (χ0v) is 18.9. The Hall–Kier alpha value is -3.84.